The Morgan fingerprint density at radius 1 is 1.19 bits per heavy atom. The van der Waals surface area contributed by atoms with E-state index in [1.54, 1.807) is 0 Å². The van der Waals surface area contributed by atoms with Gasteiger partial charge in [-0.05, 0) is 36.9 Å². The van der Waals surface area contributed by atoms with Crippen LogP contribution in [0.15, 0.2) is 28.7 Å². The molecule has 0 aromatic heterocycles. The van der Waals surface area contributed by atoms with Crippen LogP contribution in [-0.2, 0) is 10.9 Å². The Morgan fingerprint density at radius 2 is 1.69 bits per heavy atom. The third-order valence-electron chi connectivity index (χ3n) is 2.32. The molecule has 1 rings (SSSR count). The Bertz CT molecular complexity index is 320. The van der Waals surface area contributed by atoms with E-state index in [1.807, 2.05) is 24.3 Å². The summed E-state index contributed by atoms with van der Waals surface area (Å²) >= 11 is 3.36. The minimum Gasteiger partial charge on any atom is -1.00 e. The van der Waals surface area contributed by atoms with Crippen LogP contribution in [0.25, 0.3) is 0 Å². The quantitative estimate of drug-likeness (QED) is 0.540. The number of Topliss-reactive ketones (excluding diaryl/α,β-unsaturated/α-hetero) is 1. The monoisotopic (exact) mass is 366 g/mol. The summed E-state index contributed by atoms with van der Waals surface area (Å²) in [5, 5.41) is 0. The fraction of sp³-hybridized carbons (Fsp3) is 0.417. The average Bonchev–Trinajstić information content (AvgIpc) is 2.26. The van der Waals surface area contributed by atoms with Gasteiger partial charge in [0.25, 0.3) is 0 Å². The normalized spacial score (nSPS) is 10.0. The first-order chi connectivity index (χ1) is 7.17. The fourth-order valence-electron chi connectivity index (χ4n) is 1.31. The molecule has 4 heteroatoms. The second-order valence-corrected chi connectivity index (χ2v) is 6.85. The van der Waals surface area contributed by atoms with E-state index in [0.29, 0.717) is 5.75 Å². The van der Waals surface area contributed by atoms with E-state index in [4.69, 9.17) is 0 Å². The van der Waals surface area contributed by atoms with Crippen molar-refractivity contribution in [3.8, 4) is 0 Å². The third kappa shape index (κ3) is 5.02. The molecule has 0 atom stereocenters. The van der Waals surface area contributed by atoms with E-state index in [2.05, 4.69) is 29.8 Å². The Hall–Kier alpha value is 0.200. The number of benzene rings is 1. The lowest BCUT2D eigenvalue weighted by atomic mass is 10.2. The van der Waals surface area contributed by atoms with Crippen LogP contribution < -0.4 is 17.0 Å². The number of ketones is 1. The van der Waals surface area contributed by atoms with Crippen molar-refractivity contribution in [1.82, 2.24) is 0 Å². The highest BCUT2D eigenvalue weighted by Crippen LogP contribution is 2.12. The smallest absolute Gasteiger partial charge is 0.211 e. The summed E-state index contributed by atoms with van der Waals surface area (Å²) in [6, 6.07) is 7.62. The maximum atomic E-state index is 11.9. The zero-order valence-corrected chi connectivity index (χ0v) is 13.5. The second kappa shape index (κ2) is 8.31. The van der Waals surface area contributed by atoms with E-state index in [0.717, 1.165) is 21.5 Å². The van der Waals surface area contributed by atoms with Gasteiger partial charge in [-0.2, -0.15) is 0 Å². The molecule has 0 saturated heterocycles. The van der Waals surface area contributed by atoms with Crippen molar-refractivity contribution < 1.29 is 21.8 Å². The van der Waals surface area contributed by atoms with Crippen LogP contribution in [0.1, 0.15) is 24.2 Å². The molecule has 0 saturated carbocycles. The van der Waals surface area contributed by atoms with Gasteiger partial charge in [0, 0.05) is 10.0 Å². The number of hydrogen-bond donors (Lipinski definition) is 0. The van der Waals surface area contributed by atoms with Crippen molar-refractivity contribution in [1.29, 1.82) is 0 Å². The SMILES string of the molecule is CC[S+](CC)CC(=O)c1ccc(Br)cc1.[Br-]. The predicted octanol–water partition coefficient (Wildman–Crippen LogP) is 0.294. The number of rotatable bonds is 5. The van der Waals surface area contributed by atoms with Crippen molar-refractivity contribution >= 4 is 32.6 Å². The van der Waals surface area contributed by atoms with Crippen LogP contribution >= 0.6 is 15.9 Å². The van der Waals surface area contributed by atoms with Crippen LogP contribution in [-0.4, -0.2) is 23.0 Å². The largest absolute Gasteiger partial charge is 1.00 e. The summed E-state index contributed by atoms with van der Waals surface area (Å²) < 4.78 is 1.02. The van der Waals surface area contributed by atoms with Crippen molar-refractivity contribution in [3.05, 3.63) is 34.3 Å². The number of carbonyl (C=O) groups is 1. The Balaban J connectivity index is 0.00000225. The lowest BCUT2D eigenvalue weighted by molar-refractivity contribution is -0.0000109. The lowest BCUT2D eigenvalue weighted by Gasteiger charge is -2.03. The molecule has 0 aliphatic heterocycles. The van der Waals surface area contributed by atoms with Gasteiger partial charge in [-0.3, -0.25) is 4.79 Å². The molecule has 1 nitrogen and oxygen atoms in total. The van der Waals surface area contributed by atoms with Crippen LogP contribution in [0, 0.1) is 0 Å². The van der Waals surface area contributed by atoms with Gasteiger partial charge in [0.05, 0.1) is 0 Å². The molecule has 0 aliphatic carbocycles. The van der Waals surface area contributed by atoms with Crippen molar-refractivity contribution in [3.63, 3.8) is 0 Å². The number of hydrogen-bond acceptors (Lipinski definition) is 1. The van der Waals surface area contributed by atoms with Gasteiger partial charge in [0.1, 0.15) is 11.5 Å². The van der Waals surface area contributed by atoms with Crippen LogP contribution in [0.4, 0.5) is 0 Å². The molecule has 0 unspecified atom stereocenters. The number of halogens is 2. The first-order valence-corrected chi connectivity index (χ1v) is 7.62. The Labute approximate surface area is 119 Å². The van der Waals surface area contributed by atoms with E-state index in [-0.39, 0.29) is 33.7 Å². The molecule has 0 N–H and O–H groups in total. The molecule has 90 valence electrons. The first-order valence-electron chi connectivity index (χ1n) is 5.10. The highest BCUT2D eigenvalue weighted by atomic mass is 79.9. The van der Waals surface area contributed by atoms with Crippen LogP contribution in [0.3, 0.4) is 0 Å². The lowest BCUT2D eigenvalue weighted by Crippen LogP contribution is -3.00. The molecule has 0 spiro atoms. The zero-order valence-electron chi connectivity index (χ0n) is 9.50. The molecular weight excluding hydrogens is 352 g/mol. The summed E-state index contributed by atoms with van der Waals surface area (Å²) in [7, 11) is 0.264. The highest BCUT2D eigenvalue weighted by molar-refractivity contribution is 9.10. The zero-order chi connectivity index (χ0) is 11.3. The minimum absolute atomic E-state index is 0. The molecule has 1 aromatic rings. The van der Waals surface area contributed by atoms with E-state index >= 15 is 0 Å². The second-order valence-electron chi connectivity index (χ2n) is 3.26. The topological polar surface area (TPSA) is 17.1 Å². The van der Waals surface area contributed by atoms with Gasteiger partial charge in [-0.15, -0.1) is 0 Å². The van der Waals surface area contributed by atoms with Gasteiger partial charge >= 0.3 is 0 Å². The first kappa shape index (κ1) is 16.2. The predicted molar refractivity (Wildman–Crippen MR) is 71.8 cm³/mol. The highest BCUT2D eigenvalue weighted by Gasteiger charge is 2.19. The molecule has 16 heavy (non-hydrogen) atoms. The molecular formula is C12H16Br2OS. The molecule has 0 bridgehead atoms. The van der Waals surface area contributed by atoms with Crippen molar-refractivity contribution in [2.75, 3.05) is 17.3 Å². The molecule has 0 fully saturated rings. The third-order valence-corrected chi connectivity index (χ3v) is 5.15. The van der Waals surface area contributed by atoms with E-state index in [9.17, 15) is 4.79 Å². The van der Waals surface area contributed by atoms with Crippen LogP contribution in [0.5, 0.6) is 0 Å². The molecule has 0 amide bonds. The maximum absolute atomic E-state index is 11.9. The van der Waals surface area contributed by atoms with Crippen molar-refractivity contribution in [2.24, 2.45) is 0 Å². The van der Waals surface area contributed by atoms with Gasteiger partial charge in [0.2, 0.25) is 5.78 Å². The van der Waals surface area contributed by atoms with E-state index in [1.165, 1.54) is 0 Å². The summed E-state index contributed by atoms with van der Waals surface area (Å²) in [5.74, 6) is 3.20. The molecule has 0 heterocycles. The van der Waals surface area contributed by atoms with Gasteiger partial charge in [0.15, 0.2) is 5.75 Å². The molecule has 1 aromatic carbocycles. The summed E-state index contributed by atoms with van der Waals surface area (Å²) in [5.41, 5.74) is 0.831. The molecule has 0 aliphatic rings. The van der Waals surface area contributed by atoms with Gasteiger partial charge < -0.3 is 17.0 Å². The van der Waals surface area contributed by atoms with Crippen molar-refractivity contribution in [2.45, 2.75) is 13.8 Å². The fourth-order valence-corrected chi connectivity index (χ4v) is 2.93. The Morgan fingerprint density at radius 3 is 2.12 bits per heavy atom. The van der Waals surface area contributed by atoms with Gasteiger partial charge in [-0.25, -0.2) is 0 Å². The van der Waals surface area contributed by atoms with E-state index < -0.39 is 0 Å². The standard InChI is InChI=1S/C12H16BrOS.BrH/c1-3-15(4-2)9-12(14)10-5-7-11(13)8-6-10;/h5-8H,3-4,9H2,1-2H3;1H/q+1;/p-1. The molecule has 0 radical (unpaired) electrons. The van der Waals surface area contributed by atoms with Crippen LogP contribution in [0.2, 0.25) is 0 Å². The van der Waals surface area contributed by atoms with Gasteiger partial charge in [-0.1, -0.05) is 28.1 Å². The average molecular weight is 368 g/mol. The maximum Gasteiger partial charge on any atom is 0.211 e. The summed E-state index contributed by atoms with van der Waals surface area (Å²) in [6.45, 7) is 4.31. The Kier molecular flexibility index (Phi) is 8.42. The summed E-state index contributed by atoms with van der Waals surface area (Å²) in [6.07, 6.45) is 0. The summed E-state index contributed by atoms with van der Waals surface area (Å²) in [4.78, 5) is 11.9. The minimum atomic E-state index is 0. The number of carbonyl (C=O) groups excluding carboxylic acids is 1.